The van der Waals surface area contributed by atoms with Gasteiger partial charge in [-0.2, -0.15) is 0 Å². The van der Waals surface area contributed by atoms with Gasteiger partial charge in [0.1, 0.15) is 0 Å². The predicted molar refractivity (Wildman–Crippen MR) is 90.3 cm³/mol. The molecule has 0 aromatic heterocycles. The highest BCUT2D eigenvalue weighted by molar-refractivity contribution is 5.25. The Bertz CT molecular complexity index is 427. The van der Waals surface area contributed by atoms with Crippen LogP contribution < -0.4 is 5.32 Å². The summed E-state index contributed by atoms with van der Waals surface area (Å²) in [7, 11) is 0. The molecule has 0 amide bonds. The molecule has 0 fully saturated rings. The Balaban J connectivity index is 2.70. The molecular weight excluding hydrogens is 242 g/mol. The number of nitrogens with one attached hydrogen (secondary N) is 1. The van der Waals surface area contributed by atoms with Gasteiger partial charge in [0, 0.05) is 6.04 Å². The van der Waals surface area contributed by atoms with Crippen LogP contribution in [0.25, 0.3) is 0 Å². The van der Waals surface area contributed by atoms with Crippen molar-refractivity contribution < 1.29 is 0 Å². The van der Waals surface area contributed by atoms with E-state index in [0.29, 0.717) is 17.9 Å². The molecule has 1 nitrogen and oxygen atoms in total. The van der Waals surface area contributed by atoms with Gasteiger partial charge in [0.2, 0.25) is 0 Å². The van der Waals surface area contributed by atoms with Crippen molar-refractivity contribution in [3.05, 3.63) is 47.0 Å². The molecule has 2 atom stereocenters. The Morgan fingerprint density at radius 1 is 1.20 bits per heavy atom. The molecule has 112 valence electrons. The zero-order valence-electron chi connectivity index (χ0n) is 14.0. The molecule has 0 aliphatic carbocycles. The fourth-order valence-corrected chi connectivity index (χ4v) is 2.49. The zero-order valence-corrected chi connectivity index (χ0v) is 14.0. The maximum atomic E-state index is 3.69. The molecule has 0 heterocycles. The molecule has 0 saturated carbocycles. The van der Waals surface area contributed by atoms with Gasteiger partial charge >= 0.3 is 0 Å². The van der Waals surface area contributed by atoms with Gasteiger partial charge in [-0.25, -0.2) is 0 Å². The number of rotatable bonds is 7. The largest absolute Gasteiger partial charge is 0.310 e. The van der Waals surface area contributed by atoms with Crippen LogP contribution in [0.1, 0.15) is 58.1 Å². The van der Waals surface area contributed by atoms with E-state index >= 15 is 0 Å². The summed E-state index contributed by atoms with van der Waals surface area (Å²) in [5, 5.41) is 3.69. The molecule has 0 aliphatic heterocycles. The van der Waals surface area contributed by atoms with Crippen LogP contribution in [0, 0.1) is 12.8 Å². The van der Waals surface area contributed by atoms with E-state index in [0.717, 1.165) is 13.0 Å². The van der Waals surface area contributed by atoms with Gasteiger partial charge in [-0.1, -0.05) is 62.2 Å². The van der Waals surface area contributed by atoms with E-state index in [1.165, 1.54) is 16.7 Å². The van der Waals surface area contributed by atoms with Gasteiger partial charge in [0.25, 0.3) is 0 Å². The zero-order chi connectivity index (χ0) is 15.1. The molecule has 0 bridgehead atoms. The van der Waals surface area contributed by atoms with Crippen LogP contribution in [0.3, 0.4) is 0 Å². The maximum absolute atomic E-state index is 3.69. The number of allylic oxidation sites excluding steroid dienone is 1. The van der Waals surface area contributed by atoms with Crippen molar-refractivity contribution in [3.8, 4) is 0 Å². The van der Waals surface area contributed by atoms with Crippen molar-refractivity contribution >= 4 is 0 Å². The van der Waals surface area contributed by atoms with Crippen molar-refractivity contribution in [1.29, 1.82) is 0 Å². The monoisotopic (exact) mass is 273 g/mol. The lowest BCUT2D eigenvalue weighted by Crippen LogP contribution is -2.32. The van der Waals surface area contributed by atoms with E-state index in [4.69, 9.17) is 0 Å². The Kier molecular flexibility index (Phi) is 7.01. The van der Waals surface area contributed by atoms with E-state index < -0.39 is 0 Å². The maximum Gasteiger partial charge on any atom is 0.0258 e. The summed E-state index contributed by atoms with van der Waals surface area (Å²) < 4.78 is 0. The lowest BCUT2D eigenvalue weighted by Gasteiger charge is -2.22. The predicted octanol–water partition coefficient (Wildman–Crippen LogP) is 5.07. The van der Waals surface area contributed by atoms with Crippen molar-refractivity contribution in [1.82, 2.24) is 5.32 Å². The third-order valence-electron chi connectivity index (χ3n) is 3.54. The van der Waals surface area contributed by atoms with Gasteiger partial charge in [-0.05, 0) is 51.1 Å². The number of aryl methyl sites for hydroxylation is 1. The fraction of sp³-hybridized carbons (Fsp3) is 0.579. The standard InChI is InChI=1S/C19H31N/c1-14(2)10-19(20-13-15(3)4)12-17(6)18-9-7-8-16(5)11-18/h7-11,15,17,19-20H,12-13H2,1-6H3/t17-,19?/m0/s1. The van der Waals surface area contributed by atoms with E-state index in [1.54, 1.807) is 0 Å². The first-order valence-electron chi connectivity index (χ1n) is 7.83. The molecule has 1 heteroatoms. The summed E-state index contributed by atoms with van der Waals surface area (Å²) in [5.74, 6) is 1.27. The molecule has 1 aromatic rings. The number of hydrogen-bond donors (Lipinski definition) is 1. The van der Waals surface area contributed by atoms with E-state index in [-0.39, 0.29) is 0 Å². The molecule has 1 aromatic carbocycles. The molecule has 1 rings (SSSR count). The molecule has 0 aliphatic rings. The summed E-state index contributed by atoms with van der Waals surface area (Å²) in [6.07, 6.45) is 3.52. The Hall–Kier alpha value is -1.08. The van der Waals surface area contributed by atoms with Crippen LogP contribution >= 0.6 is 0 Å². The second-order valence-electron chi connectivity index (χ2n) is 6.70. The SMILES string of the molecule is CC(C)=CC(C[C@H](C)c1cccc(C)c1)NCC(C)C. The third kappa shape index (κ3) is 6.38. The Morgan fingerprint density at radius 2 is 1.90 bits per heavy atom. The average Bonchev–Trinajstić information content (AvgIpc) is 2.35. The molecule has 0 saturated heterocycles. The lowest BCUT2D eigenvalue weighted by molar-refractivity contribution is 0.468. The molecule has 20 heavy (non-hydrogen) atoms. The van der Waals surface area contributed by atoms with Crippen molar-refractivity contribution in [2.24, 2.45) is 5.92 Å². The second-order valence-corrected chi connectivity index (χ2v) is 6.70. The van der Waals surface area contributed by atoms with Crippen molar-refractivity contribution in [2.45, 2.75) is 59.9 Å². The Morgan fingerprint density at radius 3 is 2.45 bits per heavy atom. The average molecular weight is 273 g/mol. The van der Waals surface area contributed by atoms with Crippen LogP contribution in [-0.4, -0.2) is 12.6 Å². The quantitative estimate of drug-likeness (QED) is 0.684. The first-order valence-corrected chi connectivity index (χ1v) is 7.83. The fourth-order valence-electron chi connectivity index (χ4n) is 2.49. The lowest BCUT2D eigenvalue weighted by atomic mass is 9.92. The number of benzene rings is 1. The van der Waals surface area contributed by atoms with Crippen LogP contribution in [0.2, 0.25) is 0 Å². The molecule has 0 radical (unpaired) electrons. The first-order chi connectivity index (χ1) is 9.38. The summed E-state index contributed by atoms with van der Waals surface area (Å²) in [5.41, 5.74) is 4.19. The summed E-state index contributed by atoms with van der Waals surface area (Å²) in [4.78, 5) is 0. The first kappa shape index (κ1) is 17.0. The molecule has 1 unspecified atom stereocenters. The summed E-state index contributed by atoms with van der Waals surface area (Å²) in [6.45, 7) is 14.5. The minimum Gasteiger partial charge on any atom is -0.310 e. The van der Waals surface area contributed by atoms with E-state index in [1.807, 2.05) is 0 Å². The highest BCUT2D eigenvalue weighted by Crippen LogP contribution is 2.22. The highest BCUT2D eigenvalue weighted by atomic mass is 14.9. The second kappa shape index (κ2) is 8.26. The van der Waals surface area contributed by atoms with Gasteiger partial charge in [-0.15, -0.1) is 0 Å². The van der Waals surface area contributed by atoms with Crippen LogP contribution in [0.5, 0.6) is 0 Å². The van der Waals surface area contributed by atoms with Gasteiger partial charge in [0.05, 0.1) is 0 Å². The minimum absolute atomic E-state index is 0.470. The van der Waals surface area contributed by atoms with E-state index in [2.05, 4.69) is 77.2 Å². The summed E-state index contributed by atoms with van der Waals surface area (Å²) >= 11 is 0. The Labute approximate surface area is 125 Å². The molecule has 1 N–H and O–H groups in total. The van der Waals surface area contributed by atoms with Crippen molar-refractivity contribution in [2.75, 3.05) is 6.54 Å². The molecule has 0 spiro atoms. The highest BCUT2D eigenvalue weighted by Gasteiger charge is 2.13. The molecular formula is C19H31N. The third-order valence-corrected chi connectivity index (χ3v) is 3.54. The van der Waals surface area contributed by atoms with Crippen molar-refractivity contribution in [3.63, 3.8) is 0 Å². The van der Waals surface area contributed by atoms with Gasteiger partial charge in [-0.3, -0.25) is 0 Å². The van der Waals surface area contributed by atoms with Gasteiger partial charge < -0.3 is 5.32 Å². The van der Waals surface area contributed by atoms with Crippen LogP contribution in [0.4, 0.5) is 0 Å². The minimum atomic E-state index is 0.470. The van der Waals surface area contributed by atoms with Crippen LogP contribution in [0.15, 0.2) is 35.9 Å². The van der Waals surface area contributed by atoms with Gasteiger partial charge in [0.15, 0.2) is 0 Å². The smallest absolute Gasteiger partial charge is 0.0258 e. The summed E-state index contributed by atoms with van der Waals surface area (Å²) in [6, 6.07) is 9.36. The van der Waals surface area contributed by atoms with E-state index in [9.17, 15) is 0 Å². The topological polar surface area (TPSA) is 12.0 Å². The normalized spacial score (nSPS) is 14.2. The number of hydrogen-bond acceptors (Lipinski definition) is 1. The van der Waals surface area contributed by atoms with Crippen LogP contribution in [-0.2, 0) is 0 Å².